The summed E-state index contributed by atoms with van der Waals surface area (Å²) in [5.41, 5.74) is 0.377. The van der Waals surface area contributed by atoms with Gasteiger partial charge in [-0.3, -0.25) is 4.79 Å². The van der Waals surface area contributed by atoms with Crippen LogP contribution in [0.4, 0.5) is 0 Å². The number of hydrogen-bond acceptors (Lipinski definition) is 2. The molecule has 3 nitrogen and oxygen atoms in total. The minimum Gasteiger partial charge on any atom is -0.507 e. The normalized spacial score (nSPS) is 16.9. The van der Waals surface area contributed by atoms with Gasteiger partial charge < -0.3 is 10.0 Å². The summed E-state index contributed by atoms with van der Waals surface area (Å²) >= 11 is 6.81. The molecule has 1 aromatic rings. The summed E-state index contributed by atoms with van der Waals surface area (Å²) in [6.07, 6.45) is 2.04. The Kier molecular flexibility index (Phi) is 4.67. The zero-order valence-electron chi connectivity index (χ0n) is 9.90. The number of phenols is 1. The molecule has 18 heavy (non-hydrogen) atoms. The van der Waals surface area contributed by atoms with Crippen LogP contribution in [-0.4, -0.2) is 34.3 Å². The van der Waals surface area contributed by atoms with Crippen LogP contribution in [0.1, 0.15) is 23.2 Å². The molecular weight excluding hydrogens is 362 g/mol. The number of benzene rings is 1. The lowest BCUT2D eigenvalue weighted by molar-refractivity contribution is 0.0696. The van der Waals surface area contributed by atoms with Crippen LogP contribution in [0.2, 0.25) is 0 Å². The summed E-state index contributed by atoms with van der Waals surface area (Å²) in [4.78, 5) is 14.1. The number of rotatable bonds is 2. The molecule has 0 spiro atoms. The lowest BCUT2D eigenvalue weighted by Crippen LogP contribution is -2.38. The van der Waals surface area contributed by atoms with Crippen molar-refractivity contribution in [3.63, 3.8) is 0 Å². The molecule has 0 aliphatic carbocycles. The Morgan fingerprint density at radius 3 is 2.67 bits per heavy atom. The summed E-state index contributed by atoms with van der Waals surface area (Å²) < 4.78 is 0.805. The third-order valence-corrected chi connectivity index (χ3v) is 4.72. The van der Waals surface area contributed by atoms with Gasteiger partial charge in [0.25, 0.3) is 5.91 Å². The van der Waals surface area contributed by atoms with Crippen LogP contribution in [0.15, 0.2) is 22.7 Å². The molecule has 0 radical (unpaired) electrons. The van der Waals surface area contributed by atoms with E-state index in [9.17, 15) is 9.90 Å². The number of piperidine rings is 1. The van der Waals surface area contributed by atoms with Gasteiger partial charge in [0.1, 0.15) is 5.75 Å². The maximum Gasteiger partial charge on any atom is 0.257 e. The first kappa shape index (κ1) is 13.9. The fourth-order valence-electron chi connectivity index (χ4n) is 2.14. The van der Waals surface area contributed by atoms with Crippen LogP contribution in [0.5, 0.6) is 5.75 Å². The van der Waals surface area contributed by atoms with E-state index in [1.165, 1.54) is 0 Å². The number of halogens is 2. The molecule has 1 aliphatic heterocycles. The summed E-state index contributed by atoms with van der Waals surface area (Å²) in [5, 5.41) is 10.8. The number of aromatic hydroxyl groups is 1. The van der Waals surface area contributed by atoms with Crippen LogP contribution in [-0.2, 0) is 0 Å². The topological polar surface area (TPSA) is 40.5 Å². The minimum absolute atomic E-state index is 0.0471. The largest absolute Gasteiger partial charge is 0.507 e. The van der Waals surface area contributed by atoms with Crippen molar-refractivity contribution in [2.24, 2.45) is 5.92 Å². The van der Waals surface area contributed by atoms with Crippen LogP contribution in [0.25, 0.3) is 0 Å². The highest BCUT2D eigenvalue weighted by atomic mass is 79.9. The van der Waals surface area contributed by atoms with Crippen molar-refractivity contribution < 1.29 is 9.90 Å². The Hall–Kier alpha value is -0.550. The summed E-state index contributed by atoms with van der Waals surface area (Å²) in [5.74, 6) is 0.623. The van der Waals surface area contributed by atoms with E-state index in [-0.39, 0.29) is 11.7 Å². The smallest absolute Gasteiger partial charge is 0.257 e. The van der Waals surface area contributed by atoms with Crippen molar-refractivity contribution in [2.45, 2.75) is 12.8 Å². The number of carbonyl (C=O) groups is 1. The average Bonchev–Trinajstić information content (AvgIpc) is 2.41. The van der Waals surface area contributed by atoms with E-state index < -0.39 is 0 Å². The van der Waals surface area contributed by atoms with Crippen molar-refractivity contribution in [1.82, 2.24) is 4.90 Å². The second kappa shape index (κ2) is 6.06. The van der Waals surface area contributed by atoms with Gasteiger partial charge in [-0.15, -0.1) is 0 Å². The first-order valence-corrected chi connectivity index (χ1v) is 7.87. The molecule has 0 unspecified atom stereocenters. The van der Waals surface area contributed by atoms with Crippen LogP contribution < -0.4 is 0 Å². The zero-order valence-corrected chi connectivity index (χ0v) is 13.1. The fourth-order valence-corrected chi connectivity index (χ4v) is 3.15. The van der Waals surface area contributed by atoms with E-state index >= 15 is 0 Å². The Labute approximate surface area is 123 Å². The van der Waals surface area contributed by atoms with Gasteiger partial charge in [0.15, 0.2) is 0 Å². The van der Waals surface area contributed by atoms with Crippen molar-refractivity contribution in [2.75, 3.05) is 18.4 Å². The zero-order chi connectivity index (χ0) is 13.1. The van der Waals surface area contributed by atoms with E-state index in [1.54, 1.807) is 18.2 Å². The van der Waals surface area contributed by atoms with E-state index in [4.69, 9.17) is 0 Å². The highest BCUT2D eigenvalue weighted by molar-refractivity contribution is 9.10. The molecule has 98 valence electrons. The standard InChI is InChI=1S/C13H15Br2NO2/c14-8-9-3-5-16(6-4-9)13(18)11-7-10(15)1-2-12(11)17/h1-2,7,9,17H,3-6,8H2. The molecule has 1 aliphatic rings. The molecule has 1 N–H and O–H groups in total. The van der Waals surface area contributed by atoms with Gasteiger partial charge >= 0.3 is 0 Å². The van der Waals surface area contributed by atoms with Crippen molar-refractivity contribution in [1.29, 1.82) is 0 Å². The van der Waals surface area contributed by atoms with Gasteiger partial charge in [-0.2, -0.15) is 0 Å². The second-order valence-electron chi connectivity index (χ2n) is 4.55. The molecule has 5 heteroatoms. The maximum absolute atomic E-state index is 12.3. The Morgan fingerprint density at radius 1 is 1.39 bits per heavy atom. The predicted molar refractivity (Wildman–Crippen MR) is 78.2 cm³/mol. The van der Waals surface area contributed by atoms with Gasteiger partial charge in [-0.1, -0.05) is 31.9 Å². The number of phenolic OH excluding ortho intramolecular Hbond substituents is 1. The lowest BCUT2D eigenvalue weighted by atomic mass is 9.98. The summed E-state index contributed by atoms with van der Waals surface area (Å²) in [6, 6.07) is 4.94. The highest BCUT2D eigenvalue weighted by Crippen LogP contribution is 2.26. The molecule has 1 fully saturated rings. The Bertz CT molecular complexity index is 443. The molecule has 0 atom stereocenters. The minimum atomic E-state index is -0.0816. The van der Waals surface area contributed by atoms with Crippen LogP contribution >= 0.6 is 31.9 Å². The van der Waals surface area contributed by atoms with E-state index in [0.717, 1.165) is 35.7 Å². The number of likely N-dealkylation sites (tertiary alicyclic amines) is 1. The quantitative estimate of drug-likeness (QED) is 0.803. The maximum atomic E-state index is 12.3. The van der Waals surface area contributed by atoms with Crippen molar-refractivity contribution in [3.8, 4) is 5.75 Å². The van der Waals surface area contributed by atoms with Crippen molar-refractivity contribution >= 4 is 37.8 Å². The summed E-state index contributed by atoms with van der Waals surface area (Å²) in [7, 11) is 0. The molecule has 0 bridgehead atoms. The van der Waals surface area contributed by atoms with Gasteiger partial charge in [-0.25, -0.2) is 0 Å². The molecule has 2 rings (SSSR count). The average molecular weight is 377 g/mol. The monoisotopic (exact) mass is 375 g/mol. The van der Waals surface area contributed by atoms with Crippen LogP contribution in [0, 0.1) is 5.92 Å². The fraction of sp³-hybridized carbons (Fsp3) is 0.462. The molecule has 1 saturated heterocycles. The van der Waals surface area contributed by atoms with E-state index in [1.807, 2.05) is 4.90 Å². The van der Waals surface area contributed by atoms with E-state index in [2.05, 4.69) is 31.9 Å². The first-order valence-electron chi connectivity index (χ1n) is 5.95. The molecule has 1 heterocycles. The summed E-state index contributed by atoms with van der Waals surface area (Å²) in [6.45, 7) is 1.53. The second-order valence-corrected chi connectivity index (χ2v) is 6.11. The van der Waals surface area contributed by atoms with Gasteiger partial charge in [0, 0.05) is 22.9 Å². The molecule has 0 aromatic heterocycles. The molecule has 1 amide bonds. The number of nitrogens with zero attached hydrogens (tertiary/aromatic N) is 1. The first-order chi connectivity index (χ1) is 8.61. The predicted octanol–water partition coefficient (Wildman–Crippen LogP) is 3.40. The van der Waals surface area contributed by atoms with Crippen LogP contribution in [0.3, 0.4) is 0 Å². The third-order valence-electron chi connectivity index (χ3n) is 3.31. The van der Waals surface area contributed by atoms with Gasteiger partial charge in [0.05, 0.1) is 5.56 Å². The Balaban J connectivity index is 2.10. The number of alkyl halides is 1. The third kappa shape index (κ3) is 3.06. The molecule has 1 aromatic carbocycles. The number of amides is 1. The number of carbonyl (C=O) groups excluding carboxylic acids is 1. The number of hydrogen-bond donors (Lipinski definition) is 1. The van der Waals surface area contributed by atoms with Gasteiger partial charge in [-0.05, 0) is 37.0 Å². The van der Waals surface area contributed by atoms with E-state index in [0.29, 0.717) is 11.5 Å². The Morgan fingerprint density at radius 2 is 2.06 bits per heavy atom. The van der Waals surface area contributed by atoms with Gasteiger partial charge in [0.2, 0.25) is 0 Å². The van der Waals surface area contributed by atoms with Crippen molar-refractivity contribution in [3.05, 3.63) is 28.2 Å². The highest BCUT2D eigenvalue weighted by Gasteiger charge is 2.24. The lowest BCUT2D eigenvalue weighted by Gasteiger charge is -2.31. The molecule has 0 saturated carbocycles. The molecular formula is C13H15Br2NO2. The SMILES string of the molecule is O=C(c1cc(Br)ccc1O)N1CCC(CBr)CC1.